The van der Waals surface area contributed by atoms with Crippen molar-refractivity contribution in [1.29, 1.82) is 0 Å². The van der Waals surface area contributed by atoms with Crippen molar-refractivity contribution in [3.63, 3.8) is 0 Å². The second-order valence-corrected chi connectivity index (χ2v) is 5.05. The molecule has 5 nitrogen and oxygen atoms in total. The molecule has 0 heterocycles. The molecule has 0 atom stereocenters. The minimum atomic E-state index is -0.149. The first kappa shape index (κ1) is 14.9. The van der Waals surface area contributed by atoms with Crippen LogP contribution in [0.25, 0.3) is 0 Å². The summed E-state index contributed by atoms with van der Waals surface area (Å²) in [4.78, 5) is 14.2. The van der Waals surface area contributed by atoms with Crippen molar-refractivity contribution in [3.05, 3.63) is 22.7 Å². The van der Waals surface area contributed by atoms with Crippen LogP contribution in [-0.4, -0.2) is 49.3 Å². The molecule has 0 bridgehead atoms. The van der Waals surface area contributed by atoms with Crippen molar-refractivity contribution < 1.29 is 19.4 Å². The fourth-order valence-electron chi connectivity index (χ4n) is 2.15. The van der Waals surface area contributed by atoms with E-state index in [1.807, 2.05) is 0 Å². The quantitative estimate of drug-likeness (QED) is 0.872. The Labute approximate surface area is 123 Å². The summed E-state index contributed by atoms with van der Waals surface area (Å²) in [5.41, 5.74) is 0.438. The van der Waals surface area contributed by atoms with E-state index in [0.717, 1.165) is 12.8 Å². The van der Waals surface area contributed by atoms with E-state index >= 15 is 0 Å². The highest BCUT2D eigenvalue weighted by Gasteiger charge is 2.33. The van der Waals surface area contributed by atoms with Crippen LogP contribution in [-0.2, 0) is 0 Å². The highest BCUT2D eigenvalue weighted by atomic mass is 35.5. The number of aliphatic hydroxyl groups excluding tert-OH is 1. The second kappa shape index (κ2) is 6.33. The third kappa shape index (κ3) is 2.99. The molecule has 0 aromatic heterocycles. The van der Waals surface area contributed by atoms with Gasteiger partial charge < -0.3 is 19.5 Å². The molecule has 1 N–H and O–H groups in total. The average Bonchev–Trinajstić information content (AvgIpc) is 3.27. The number of amides is 1. The third-order valence-electron chi connectivity index (χ3n) is 3.27. The van der Waals surface area contributed by atoms with Crippen LogP contribution in [0.1, 0.15) is 23.2 Å². The van der Waals surface area contributed by atoms with Gasteiger partial charge in [0.1, 0.15) is 0 Å². The zero-order chi connectivity index (χ0) is 14.7. The molecule has 6 heteroatoms. The molecule has 0 unspecified atom stereocenters. The fourth-order valence-corrected chi connectivity index (χ4v) is 2.44. The number of ether oxygens (including phenoxy) is 2. The molecule has 1 aromatic carbocycles. The van der Waals surface area contributed by atoms with Crippen LogP contribution in [0.3, 0.4) is 0 Å². The lowest BCUT2D eigenvalue weighted by molar-refractivity contribution is 0.0707. The number of carbonyl (C=O) groups is 1. The van der Waals surface area contributed by atoms with Gasteiger partial charge in [0.25, 0.3) is 5.91 Å². The second-order valence-electron chi connectivity index (χ2n) is 4.65. The topological polar surface area (TPSA) is 59.0 Å². The molecular formula is C14H18ClNO4. The normalized spacial score (nSPS) is 14.0. The maximum absolute atomic E-state index is 12.5. The molecule has 0 saturated heterocycles. The average molecular weight is 300 g/mol. The fraction of sp³-hybridized carbons (Fsp3) is 0.500. The van der Waals surface area contributed by atoms with E-state index in [2.05, 4.69) is 0 Å². The lowest BCUT2D eigenvalue weighted by Crippen LogP contribution is -2.35. The van der Waals surface area contributed by atoms with Gasteiger partial charge in [-0.2, -0.15) is 0 Å². The highest BCUT2D eigenvalue weighted by molar-refractivity contribution is 6.32. The molecule has 1 aliphatic carbocycles. The van der Waals surface area contributed by atoms with Crippen LogP contribution in [0.5, 0.6) is 11.5 Å². The number of halogens is 1. The van der Waals surface area contributed by atoms with Gasteiger partial charge in [-0.3, -0.25) is 4.79 Å². The lowest BCUT2D eigenvalue weighted by Gasteiger charge is -2.22. The Kier molecular flexibility index (Phi) is 4.73. The number of hydrogen-bond donors (Lipinski definition) is 1. The van der Waals surface area contributed by atoms with Crippen LogP contribution >= 0.6 is 11.6 Å². The first-order chi connectivity index (χ1) is 9.62. The summed E-state index contributed by atoms with van der Waals surface area (Å²) in [6.07, 6.45) is 1.96. The first-order valence-corrected chi connectivity index (χ1v) is 6.83. The van der Waals surface area contributed by atoms with E-state index in [-0.39, 0.29) is 18.6 Å². The van der Waals surface area contributed by atoms with Gasteiger partial charge in [0.05, 0.1) is 25.8 Å². The van der Waals surface area contributed by atoms with E-state index in [0.29, 0.717) is 28.6 Å². The monoisotopic (exact) mass is 299 g/mol. The summed E-state index contributed by atoms with van der Waals surface area (Å²) in [6.45, 7) is 0.277. The van der Waals surface area contributed by atoms with Crippen molar-refractivity contribution in [2.24, 2.45) is 0 Å². The van der Waals surface area contributed by atoms with Crippen molar-refractivity contribution in [2.75, 3.05) is 27.4 Å². The molecule has 2 rings (SSSR count). The molecular weight excluding hydrogens is 282 g/mol. The molecule has 0 radical (unpaired) electrons. The first-order valence-electron chi connectivity index (χ1n) is 6.45. The maximum Gasteiger partial charge on any atom is 0.254 e. The molecule has 1 aliphatic rings. The zero-order valence-electron chi connectivity index (χ0n) is 11.6. The zero-order valence-corrected chi connectivity index (χ0v) is 12.3. The van der Waals surface area contributed by atoms with E-state index < -0.39 is 0 Å². The number of hydrogen-bond acceptors (Lipinski definition) is 4. The van der Waals surface area contributed by atoms with Crippen LogP contribution < -0.4 is 9.47 Å². The predicted molar refractivity (Wildman–Crippen MR) is 75.7 cm³/mol. The van der Waals surface area contributed by atoms with E-state index in [1.165, 1.54) is 14.2 Å². The standard InChI is InChI=1S/C14H18ClNO4/c1-19-12-8-9(7-11(15)13(12)20-2)14(18)16(5-6-17)10-3-4-10/h7-8,10,17H,3-6H2,1-2H3. The maximum atomic E-state index is 12.5. The van der Waals surface area contributed by atoms with Gasteiger partial charge in [-0.25, -0.2) is 0 Å². The Hall–Kier alpha value is -1.46. The number of methoxy groups -OCH3 is 2. The predicted octanol–water partition coefficient (Wildman–Crippen LogP) is 1.95. The van der Waals surface area contributed by atoms with E-state index in [9.17, 15) is 4.79 Å². The van der Waals surface area contributed by atoms with Gasteiger partial charge in [0, 0.05) is 18.2 Å². The lowest BCUT2D eigenvalue weighted by atomic mass is 10.1. The summed E-state index contributed by atoms with van der Waals surface area (Å²) in [6, 6.07) is 3.40. The summed E-state index contributed by atoms with van der Waals surface area (Å²) < 4.78 is 10.3. The van der Waals surface area contributed by atoms with Gasteiger partial charge in [0.15, 0.2) is 11.5 Å². The van der Waals surface area contributed by atoms with Gasteiger partial charge in [-0.1, -0.05) is 11.6 Å². The molecule has 0 spiro atoms. The number of rotatable bonds is 6. The smallest absolute Gasteiger partial charge is 0.254 e. The van der Waals surface area contributed by atoms with E-state index in [4.69, 9.17) is 26.2 Å². The molecule has 110 valence electrons. The summed E-state index contributed by atoms with van der Waals surface area (Å²) in [5.74, 6) is 0.679. The molecule has 0 aliphatic heterocycles. The Morgan fingerprint density at radius 1 is 1.40 bits per heavy atom. The summed E-state index contributed by atoms with van der Waals surface area (Å²) in [5, 5.41) is 9.41. The third-order valence-corrected chi connectivity index (χ3v) is 3.55. The van der Waals surface area contributed by atoms with Crippen molar-refractivity contribution in [1.82, 2.24) is 4.90 Å². The minimum absolute atomic E-state index is 0.0523. The number of nitrogens with zero attached hydrogens (tertiary/aromatic N) is 1. The van der Waals surface area contributed by atoms with Crippen molar-refractivity contribution in [3.8, 4) is 11.5 Å². The van der Waals surface area contributed by atoms with Crippen LogP contribution in [0.4, 0.5) is 0 Å². The molecule has 1 aromatic rings. The Morgan fingerprint density at radius 3 is 2.60 bits per heavy atom. The van der Waals surface area contributed by atoms with E-state index in [1.54, 1.807) is 17.0 Å². The van der Waals surface area contributed by atoms with Gasteiger partial charge in [-0.15, -0.1) is 0 Å². The van der Waals surface area contributed by atoms with Crippen LogP contribution in [0.2, 0.25) is 5.02 Å². The highest BCUT2D eigenvalue weighted by Crippen LogP contribution is 2.37. The Bertz CT molecular complexity index is 502. The number of benzene rings is 1. The number of carbonyl (C=O) groups excluding carboxylic acids is 1. The SMILES string of the molecule is COc1cc(C(=O)N(CCO)C2CC2)cc(Cl)c1OC. The molecule has 1 fully saturated rings. The van der Waals surface area contributed by atoms with Gasteiger partial charge >= 0.3 is 0 Å². The van der Waals surface area contributed by atoms with Crippen LogP contribution in [0.15, 0.2) is 12.1 Å². The summed E-state index contributed by atoms with van der Waals surface area (Å²) >= 11 is 6.11. The molecule has 1 amide bonds. The Balaban J connectivity index is 2.31. The van der Waals surface area contributed by atoms with Crippen LogP contribution in [0, 0.1) is 0 Å². The van der Waals surface area contributed by atoms with Gasteiger partial charge in [0.2, 0.25) is 0 Å². The van der Waals surface area contributed by atoms with Gasteiger partial charge in [-0.05, 0) is 25.0 Å². The molecule has 1 saturated carbocycles. The van der Waals surface area contributed by atoms with Crippen molar-refractivity contribution >= 4 is 17.5 Å². The number of aliphatic hydroxyl groups is 1. The molecule has 20 heavy (non-hydrogen) atoms. The minimum Gasteiger partial charge on any atom is -0.493 e. The van der Waals surface area contributed by atoms with Crippen molar-refractivity contribution in [2.45, 2.75) is 18.9 Å². The summed E-state index contributed by atoms with van der Waals surface area (Å²) in [7, 11) is 2.99. The Morgan fingerprint density at radius 2 is 2.10 bits per heavy atom. The largest absolute Gasteiger partial charge is 0.493 e.